The highest BCUT2D eigenvalue weighted by molar-refractivity contribution is 7.89. The number of unbranched alkanes of at least 4 members (excludes halogenated alkanes) is 1. The fraction of sp³-hybridized carbons (Fsp3) is 1.00. The number of rotatable bonds is 9. The Morgan fingerprint density at radius 3 is 2.33 bits per heavy atom. The Hall–Kier alpha value is -0.130. The van der Waals surface area contributed by atoms with Gasteiger partial charge in [-0.05, 0) is 32.9 Å². The van der Waals surface area contributed by atoms with E-state index in [0.29, 0.717) is 13.1 Å². The number of sulfonamides is 1. The van der Waals surface area contributed by atoms with Crippen LogP contribution in [0.1, 0.15) is 33.1 Å². The van der Waals surface area contributed by atoms with Gasteiger partial charge in [0.25, 0.3) is 0 Å². The minimum Gasteiger partial charge on any atom is -0.320 e. The van der Waals surface area contributed by atoms with Gasteiger partial charge in [0, 0.05) is 13.1 Å². The lowest BCUT2D eigenvalue weighted by Crippen LogP contribution is -2.33. The molecule has 1 N–H and O–H groups in total. The van der Waals surface area contributed by atoms with Gasteiger partial charge in [-0.2, -0.15) is 0 Å². The quantitative estimate of drug-likeness (QED) is 0.609. The molecule has 0 saturated heterocycles. The zero-order chi connectivity index (χ0) is 11.7. The summed E-state index contributed by atoms with van der Waals surface area (Å²) in [6.45, 7) is 6.00. The summed E-state index contributed by atoms with van der Waals surface area (Å²) in [4.78, 5) is 0. The van der Waals surface area contributed by atoms with Crippen molar-refractivity contribution in [3.8, 4) is 0 Å². The van der Waals surface area contributed by atoms with Crippen LogP contribution in [0.2, 0.25) is 0 Å². The van der Waals surface area contributed by atoms with Gasteiger partial charge < -0.3 is 5.32 Å². The third-order valence-corrected chi connectivity index (χ3v) is 4.33. The molecule has 0 saturated carbocycles. The minimum atomic E-state index is -3.01. The zero-order valence-electron chi connectivity index (χ0n) is 10.1. The van der Waals surface area contributed by atoms with E-state index in [1.807, 2.05) is 20.9 Å². The lowest BCUT2D eigenvalue weighted by atomic mass is 10.3. The maximum atomic E-state index is 11.8. The predicted molar refractivity (Wildman–Crippen MR) is 64.5 cm³/mol. The molecule has 0 aromatic carbocycles. The van der Waals surface area contributed by atoms with Crippen molar-refractivity contribution in [2.45, 2.75) is 33.1 Å². The van der Waals surface area contributed by atoms with Gasteiger partial charge in [0.15, 0.2) is 0 Å². The summed E-state index contributed by atoms with van der Waals surface area (Å²) in [6.07, 6.45) is 2.53. The van der Waals surface area contributed by atoms with Crippen molar-refractivity contribution < 1.29 is 8.42 Å². The Bertz CT molecular complexity index is 240. The monoisotopic (exact) mass is 236 g/mol. The van der Waals surface area contributed by atoms with Gasteiger partial charge in [-0.3, -0.25) is 0 Å². The Labute approximate surface area is 94.1 Å². The van der Waals surface area contributed by atoms with Gasteiger partial charge in [-0.15, -0.1) is 0 Å². The van der Waals surface area contributed by atoms with Crippen LogP contribution >= 0.6 is 0 Å². The first-order chi connectivity index (χ1) is 7.08. The Morgan fingerprint density at radius 1 is 1.20 bits per heavy atom. The van der Waals surface area contributed by atoms with Crippen LogP contribution in [-0.2, 0) is 10.0 Å². The Kier molecular flexibility index (Phi) is 8.00. The third-order valence-electron chi connectivity index (χ3n) is 2.30. The third kappa shape index (κ3) is 6.12. The molecular formula is C10H24N2O2S. The van der Waals surface area contributed by atoms with E-state index in [1.165, 1.54) is 0 Å². The predicted octanol–water partition coefficient (Wildman–Crippen LogP) is 1.05. The molecule has 92 valence electrons. The number of nitrogens with one attached hydrogen (secondary N) is 1. The molecular weight excluding hydrogens is 212 g/mol. The number of nitrogens with zero attached hydrogens (tertiary/aromatic N) is 1. The van der Waals surface area contributed by atoms with E-state index >= 15 is 0 Å². The fourth-order valence-electron chi connectivity index (χ4n) is 1.46. The normalized spacial score (nSPS) is 12.3. The van der Waals surface area contributed by atoms with Gasteiger partial charge in [-0.25, -0.2) is 12.7 Å². The second-order valence-electron chi connectivity index (χ2n) is 3.62. The highest BCUT2D eigenvalue weighted by Gasteiger charge is 2.18. The van der Waals surface area contributed by atoms with Gasteiger partial charge in [0.05, 0.1) is 5.75 Å². The molecule has 0 bridgehead atoms. The highest BCUT2D eigenvalue weighted by Crippen LogP contribution is 2.05. The van der Waals surface area contributed by atoms with Crippen molar-refractivity contribution in [3.05, 3.63) is 0 Å². The summed E-state index contributed by atoms with van der Waals surface area (Å²) in [5.41, 5.74) is 0. The highest BCUT2D eigenvalue weighted by atomic mass is 32.2. The van der Waals surface area contributed by atoms with Crippen molar-refractivity contribution in [1.29, 1.82) is 0 Å². The average Bonchev–Trinajstić information content (AvgIpc) is 2.20. The smallest absolute Gasteiger partial charge is 0.214 e. The molecule has 0 atom stereocenters. The molecule has 0 rings (SSSR count). The van der Waals surface area contributed by atoms with Crippen LogP contribution in [-0.4, -0.2) is 45.2 Å². The van der Waals surface area contributed by atoms with E-state index in [1.54, 1.807) is 4.31 Å². The van der Waals surface area contributed by atoms with Crippen LogP contribution in [0.15, 0.2) is 0 Å². The molecule has 0 aliphatic rings. The van der Waals surface area contributed by atoms with E-state index in [2.05, 4.69) is 5.32 Å². The molecule has 0 fully saturated rings. The Balaban J connectivity index is 4.02. The second-order valence-corrected chi connectivity index (χ2v) is 5.71. The minimum absolute atomic E-state index is 0.280. The average molecular weight is 236 g/mol. The van der Waals surface area contributed by atoms with E-state index < -0.39 is 10.0 Å². The van der Waals surface area contributed by atoms with Crippen LogP contribution < -0.4 is 5.32 Å². The van der Waals surface area contributed by atoms with Crippen molar-refractivity contribution in [2.24, 2.45) is 0 Å². The largest absolute Gasteiger partial charge is 0.320 e. The van der Waals surface area contributed by atoms with Gasteiger partial charge in [-0.1, -0.05) is 13.8 Å². The summed E-state index contributed by atoms with van der Waals surface area (Å²) in [5.74, 6) is 0.280. The maximum absolute atomic E-state index is 11.8. The topological polar surface area (TPSA) is 49.4 Å². The SMILES string of the molecule is CCCN(CC)S(=O)(=O)CCCCNC. The summed E-state index contributed by atoms with van der Waals surface area (Å²) < 4.78 is 25.2. The van der Waals surface area contributed by atoms with Gasteiger partial charge in [0.1, 0.15) is 0 Å². The molecule has 0 aliphatic heterocycles. The maximum Gasteiger partial charge on any atom is 0.214 e. The van der Waals surface area contributed by atoms with Crippen LogP contribution in [0, 0.1) is 0 Å². The molecule has 0 aromatic heterocycles. The van der Waals surface area contributed by atoms with E-state index in [4.69, 9.17) is 0 Å². The summed E-state index contributed by atoms with van der Waals surface area (Å²) in [5, 5.41) is 3.01. The molecule has 0 amide bonds. The summed E-state index contributed by atoms with van der Waals surface area (Å²) in [6, 6.07) is 0. The summed E-state index contributed by atoms with van der Waals surface area (Å²) in [7, 11) is -1.13. The van der Waals surface area contributed by atoms with Crippen LogP contribution in [0.3, 0.4) is 0 Å². The molecule has 0 aliphatic carbocycles. The molecule has 0 spiro atoms. The first-order valence-corrected chi connectivity index (χ1v) is 7.31. The van der Waals surface area contributed by atoms with Crippen LogP contribution in [0.4, 0.5) is 0 Å². The van der Waals surface area contributed by atoms with Gasteiger partial charge >= 0.3 is 0 Å². The van der Waals surface area contributed by atoms with Crippen LogP contribution in [0.25, 0.3) is 0 Å². The molecule has 5 heteroatoms. The first kappa shape index (κ1) is 14.9. The standard InChI is InChI=1S/C10H24N2O2S/c1-4-9-12(5-2)15(13,14)10-7-6-8-11-3/h11H,4-10H2,1-3H3. The summed E-state index contributed by atoms with van der Waals surface area (Å²) >= 11 is 0. The zero-order valence-corrected chi connectivity index (χ0v) is 10.9. The number of hydrogen-bond acceptors (Lipinski definition) is 3. The molecule has 0 radical (unpaired) electrons. The number of hydrogen-bond donors (Lipinski definition) is 1. The fourth-order valence-corrected chi connectivity index (χ4v) is 3.14. The molecule has 0 unspecified atom stereocenters. The molecule has 0 heterocycles. The van der Waals surface area contributed by atoms with E-state index in [0.717, 1.165) is 25.8 Å². The van der Waals surface area contributed by atoms with Crippen LogP contribution in [0.5, 0.6) is 0 Å². The van der Waals surface area contributed by atoms with Crippen molar-refractivity contribution >= 4 is 10.0 Å². The van der Waals surface area contributed by atoms with E-state index in [9.17, 15) is 8.42 Å². The van der Waals surface area contributed by atoms with Crippen molar-refractivity contribution in [1.82, 2.24) is 9.62 Å². The van der Waals surface area contributed by atoms with Gasteiger partial charge in [0.2, 0.25) is 10.0 Å². The first-order valence-electron chi connectivity index (χ1n) is 5.70. The van der Waals surface area contributed by atoms with Crippen molar-refractivity contribution in [3.63, 3.8) is 0 Å². The lowest BCUT2D eigenvalue weighted by molar-refractivity contribution is 0.425. The lowest BCUT2D eigenvalue weighted by Gasteiger charge is -2.19. The molecule has 15 heavy (non-hydrogen) atoms. The molecule has 4 nitrogen and oxygen atoms in total. The second kappa shape index (κ2) is 8.07. The van der Waals surface area contributed by atoms with E-state index in [-0.39, 0.29) is 5.75 Å². The van der Waals surface area contributed by atoms with Crippen molar-refractivity contribution in [2.75, 3.05) is 32.4 Å². The Morgan fingerprint density at radius 2 is 1.87 bits per heavy atom. The molecule has 0 aromatic rings.